The van der Waals surface area contributed by atoms with Gasteiger partial charge < -0.3 is 5.32 Å². The fourth-order valence-electron chi connectivity index (χ4n) is 3.59. The van der Waals surface area contributed by atoms with Crippen LogP contribution in [0.5, 0.6) is 0 Å². The largest absolute Gasteiger partial charge is 0.370 e. The minimum absolute atomic E-state index is 0.0328. The fourth-order valence-corrected chi connectivity index (χ4v) is 3.59. The van der Waals surface area contributed by atoms with Gasteiger partial charge in [0.1, 0.15) is 23.8 Å². The van der Waals surface area contributed by atoms with Gasteiger partial charge in [-0.3, -0.25) is 9.97 Å². The Hall–Kier alpha value is -4.00. The van der Waals surface area contributed by atoms with Crippen LogP contribution in [-0.2, 0) is 6.42 Å². The zero-order valence-corrected chi connectivity index (χ0v) is 16.4. The first kappa shape index (κ1) is 19.0. The van der Waals surface area contributed by atoms with E-state index < -0.39 is 11.6 Å². The summed E-state index contributed by atoms with van der Waals surface area (Å²) in [6.45, 7) is 0.319. The minimum atomic E-state index is -0.598. The lowest BCUT2D eigenvalue weighted by molar-refractivity contribution is 0.565. The topological polar surface area (TPSA) is 63.6 Å². The Bertz CT molecular complexity index is 1400. The summed E-state index contributed by atoms with van der Waals surface area (Å²) in [5.41, 5.74) is 2.04. The molecule has 0 bridgehead atoms. The monoisotopic (exact) mass is 413 g/mol. The predicted octanol–water partition coefficient (Wildman–Crippen LogP) is 5.17. The smallest absolute Gasteiger partial charge is 0.138 e. The molecule has 0 saturated heterocycles. The number of hydrogen-bond donors (Lipinski definition) is 1. The van der Waals surface area contributed by atoms with Gasteiger partial charge in [0.15, 0.2) is 0 Å². The molecule has 1 N–H and O–H groups in total. The van der Waals surface area contributed by atoms with E-state index in [9.17, 15) is 8.78 Å². The molecule has 5 nitrogen and oxygen atoms in total. The third kappa shape index (κ3) is 3.77. The number of fused-ring (bicyclic) bond motifs is 2. The van der Waals surface area contributed by atoms with Crippen molar-refractivity contribution >= 4 is 27.5 Å². The lowest BCUT2D eigenvalue weighted by Crippen LogP contribution is -2.09. The first-order valence-corrected chi connectivity index (χ1v) is 9.81. The van der Waals surface area contributed by atoms with Gasteiger partial charge in [-0.1, -0.05) is 12.1 Å². The van der Waals surface area contributed by atoms with Gasteiger partial charge in [-0.15, -0.1) is 0 Å². The van der Waals surface area contributed by atoms with E-state index in [1.165, 1.54) is 18.6 Å². The Balaban J connectivity index is 1.34. The van der Waals surface area contributed by atoms with Crippen LogP contribution < -0.4 is 5.32 Å². The Morgan fingerprint density at radius 3 is 2.74 bits per heavy atom. The summed E-state index contributed by atoms with van der Waals surface area (Å²) in [4.78, 5) is 16.7. The lowest BCUT2D eigenvalue weighted by atomic mass is 10.1. The number of nitrogens with one attached hydrogen (secondary N) is 1. The summed E-state index contributed by atoms with van der Waals surface area (Å²) in [7, 11) is 0. The second kappa shape index (κ2) is 8.02. The summed E-state index contributed by atoms with van der Waals surface area (Å²) in [6.07, 6.45) is 6.72. The van der Waals surface area contributed by atoms with E-state index in [1.807, 2.05) is 36.5 Å². The second-order valence-electron chi connectivity index (χ2n) is 7.12. The van der Waals surface area contributed by atoms with Crippen LogP contribution in [0.3, 0.4) is 0 Å². The number of aromatic nitrogens is 4. The minimum Gasteiger partial charge on any atom is -0.370 e. The van der Waals surface area contributed by atoms with Crippen molar-refractivity contribution < 1.29 is 8.78 Å². The first-order valence-electron chi connectivity index (χ1n) is 9.81. The Kier molecular flexibility index (Phi) is 4.92. The maximum Gasteiger partial charge on any atom is 0.138 e. The molecule has 0 aliphatic rings. The molecule has 3 heterocycles. The van der Waals surface area contributed by atoms with Crippen LogP contribution in [0.1, 0.15) is 5.56 Å². The molecular weight excluding hydrogens is 396 g/mol. The van der Waals surface area contributed by atoms with Crippen molar-refractivity contribution in [2.75, 3.05) is 11.9 Å². The molecule has 5 aromatic rings. The highest BCUT2D eigenvalue weighted by Crippen LogP contribution is 2.25. The molecule has 0 aliphatic heterocycles. The van der Waals surface area contributed by atoms with E-state index in [0.29, 0.717) is 23.3 Å². The molecule has 0 fully saturated rings. The molecule has 0 aliphatic carbocycles. The van der Waals surface area contributed by atoms with Crippen LogP contribution in [0.2, 0.25) is 0 Å². The van der Waals surface area contributed by atoms with Crippen molar-refractivity contribution in [3.8, 4) is 11.3 Å². The molecule has 152 valence electrons. The van der Waals surface area contributed by atoms with Gasteiger partial charge in [0.2, 0.25) is 0 Å². The maximum atomic E-state index is 14.7. The SMILES string of the molecule is Fc1cc2ncccc2c(F)c1CCNc1cc(-c2ccc3cnccc3c2)ncn1. The van der Waals surface area contributed by atoms with Gasteiger partial charge in [0.05, 0.1) is 11.2 Å². The number of rotatable bonds is 5. The van der Waals surface area contributed by atoms with Crippen molar-refractivity contribution in [3.63, 3.8) is 0 Å². The van der Waals surface area contributed by atoms with Gasteiger partial charge in [-0.2, -0.15) is 0 Å². The zero-order valence-electron chi connectivity index (χ0n) is 16.4. The summed E-state index contributed by atoms with van der Waals surface area (Å²) in [5, 5.41) is 5.56. The van der Waals surface area contributed by atoms with Gasteiger partial charge >= 0.3 is 0 Å². The number of halogens is 2. The quantitative estimate of drug-likeness (QED) is 0.431. The van der Waals surface area contributed by atoms with Crippen LogP contribution in [-0.4, -0.2) is 26.5 Å². The van der Waals surface area contributed by atoms with Gasteiger partial charge in [0.25, 0.3) is 0 Å². The molecular formula is C24H17F2N5. The highest BCUT2D eigenvalue weighted by Gasteiger charge is 2.14. The molecule has 0 amide bonds. The number of anilines is 1. The summed E-state index contributed by atoms with van der Waals surface area (Å²) in [5.74, 6) is -0.582. The van der Waals surface area contributed by atoms with E-state index in [1.54, 1.807) is 18.3 Å². The molecule has 0 saturated carbocycles. The van der Waals surface area contributed by atoms with Crippen LogP contribution in [0.4, 0.5) is 14.6 Å². The number of benzene rings is 2. The van der Waals surface area contributed by atoms with Crippen LogP contribution in [0.25, 0.3) is 32.9 Å². The highest BCUT2D eigenvalue weighted by molar-refractivity contribution is 5.86. The van der Waals surface area contributed by atoms with Crippen LogP contribution >= 0.6 is 0 Å². The van der Waals surface area contributed by atoms with Gasteiger partial charge in [-0.05, 0) is 36.1 Å². The van der Waals surface area contributed by atoms with Gasteiger partial charge in [-0.25, -0.2) is 18.7 Å². The van der Waals surface area contributed by atoms with Crippen molar-refractivity contribution in [2.45, 2.75) is 6.42 Å². The third-order valence-electron chi connectivity index (χ3n) is 5.18. The molecule has 3 aromatic heterocycles. The normalized spacial score (nSPS) is 11.2. The molecule has 5 rings (SSSR count). The van der Waals surface area contributed by atoms with E-state index >= 15 is 0 Å². The van der Waals surface area contributed by atoms with E-state index in [2.05, 4.69) is 25.3 Å². The zero-order chi connectivity index (χ0) is 21.2. The van der Waals surface area contributed by atoms with Gasteiger partial charge in [0, 0.05) is 59.2 Å². The Morgan fingerprint density at radius 1 is 0.871 bits per heavy atom. The van der Waals surface area contributed by atoms with Crippen molar-refractivity contribution in [1.82, 2.24) is 19.9 Å². The lowest BCUT2D eigenvalue weighted by Gasteiger charge is -2.10. The predicted molar refractivity (Wildman–Crippen MR) is 117 cm³/mol. The molecule has 7 heteroatoms. The second-order valence-corrected chi connectivity index (χ2v) is 7.12. The van der Waals surface area contributed by atoms with Crippen molar-refractivity contribution in [1.29, 1.82) is 0 Å². The molecule has 0 radical (unpaired) electrons. The molecule has 0 atom stereocenters. The Morgan fingerprint density at radius 2 is 1.81 bits per heavy atom. The van der Waals surface area contributed by atoms with E-state index in [0.717, 1.165) is 22.0 Å². The number of nitrogens with zero attached hydrogens (tertiary/aromatic N) is 4. The average molecular weight is 413 g/mol. The van der Waals surface area contributed by atoms with E-state index in [4.69, 9.17) is 0 Å². The standard InChI is InChI=1S/C24H17F2N5/c25-20-11-22-19(2-1-7-28-22)24(26)18(20)6-9-29-23-12-21(30-14-31-23)16-3-4-17-13-27-8-5-15(17)10-16/h1-5,7-8,10-14H,6,9H2,(H,29,30,31). The summed E-state index contributed by atoms with van der Waals surface area (Å²) < 4.78 is 29.1. The average Bonchev–Trinajstić information content (AvgIpc) is 2.81. The van der Waals surface area contributed by atoms with Crippen LogP contribution in [0, 0.1) is 11.6 Å². The third-order valence-corrected chi connectivity index (χ3v) is 5.18. The first-order chi connectivity index (χ1) is 15.2. The number of hydrogen-bond acceptors (Lipinski definition) is 5. The van der Waals surface area contributed by atoms with Crippen molar-refractivity contribution in [3.05, 3.63) is 90.6 Å². The van der Waals surface area contributed by atoms with Crippen LogP contribution in [0.15, 0.2) is 73.4 Å². The molecule has 0 spiro atoms. The maximum absolute atomic E-state index is 14.7. The van der Waals surface area contributed by atoms with Crippen molar-refractivity contribution in [2.24, 2.45) is 0 Å². The molecule has 31 heavy (non-hydrogen) atoms. The summed E-state index contributed by atoms with van der Waals surface area (Å²) >= 11 is 0. The fraction of sp³-hybridized carbons (Fsp3) is 0.0833. The highest BCUT2D eigenvalue weighted by atomic mass is 19.1. The summed E-state index contributed by atoms with van der Waals surface area (Å²) in [6, 6.07) is 14.3. The number of pyridine rings is 2. The van der Waals surface area contributed by atoms with E-state index in [-0.39, 0.29) is 12.0 Å². The molecule has 0 unspecified atom stereocenters. The molecule has 2 aromatic carbocycles. The Labute approximate surface area is 176 Å².